The van der Waals surface area contributed by atoms with Gasteiger partial charge in [0.05, 0.1) is 11.0 Å². The molecule has 1 heterocycles. The van der Waals surface area contributed by atoms with Crippen molar-refractivity contribution in [2.75, 3.05) is 13.1 Å². The van der Waals surface area contributed by atoms with Crippen molar-refractivity contribution in [1.82, 2.24) is 14.5 Å². The summed E-state index contributed by atoms with van der Waals surface area (Å²) in [5, 5.41) is 0. The van der Waals surface area contributed by atoms with Crippen LogP contribution in [0.4, 0.5) is 0 Å². The molecule has 4 heteroatoms. The fraction of sp³-hybridized carbons (Fsp3) is 0.517. The molecule has 0 aliphatic rings. The number of hydrogen-bond donors (Lipinski definition) is 0. The Hall–Kier alpha value is -2.62. The van der Waals surface area contributed by atoms with Crippen molar-refractivity contribution in [3.05, 3.63) is 65.5 Å². The second-order valence-corrected chi connectivity index (χ2v) is 10.7. The largest absolute Gasteiger partial charge is 0.341 e. The van der Waals surface area contributed by atoms with Gasteiger partial charge >= 0.3 is 0 Å². The van der Waals surface area contributed by atoms with Gasteiger partial charge in [0.15, 0.2) is 0 Å². The number of carbonyl (C=O) groups excluding carboxylic acids is 1. The van der Waals surface area contributed by atoms with Gasteiger partial charge in [-0.05, 0) is 47.4 Å². The Balaban J connectivity index is 1.94. The highest BCUT2D eigenvalue weighted by Gasteiger charge is 2.23. The van der Waals surface area contributed by atoms with E-state index in [1.54, 1.807) is 0 Å². The molecule has 0 saturated carbocycles. The molecule has 0 aliphatic carbocycles. The van der Waals surface area contributed by atoms with E-state index in [-0.39, 0.29) is 11.8 Å². The van der Waals surface area contributed by atoms with Crippen LogP contribution in [0.15, 0.2) is 48.5 Å². The van der Waals surface area contributed by atoms with Crippen molar-refractivity contribution >= 4 is 16.9 Å². The van der Waals surface area contributed by atoms with E-state index >= 15 is 0 Å². The smallest absolute Gasteiger partial charge is 0.242 e. The molecule has 0 aliphatic heterocycles. The van der Waals surface area contributed by atoms with Crippen LogP contribution < -0.4 is 0 Å². The molecule has 178 valence electrons. The highest BCUT2D eigenvalue weighted by atomic mass is 16.2. The Morgan fingerprint density at radius 2 is 1.45 bits per heavy atom. The quantitative estimate of drug-likeness (QED) is 0.354. The summed E-state index contributed by atoms with van der Waals surface area (Å²) in [6, 6.07) is 17.1. The van der Waals surface area contributed by atoms with Gasteiger partial charge in [0, 0.05) is 19.0 Å². The Kier molecular flexibility index (Phi) is 8.34. The topological polar surface area (TPSA) is 38.1 Å². The Labute approximate surface area is 200 Å². The zero-order chi connectivity index (χ0) is 24.1. The third-order valence-corrected chi connectivity index (χ3v) is 6.01. The zero-order valence-corrected chi connectivity index (χ0v) is 21.5. The number of nitrogens with zero attached hydrogens (tertiary/aromatic N) is 3. The Bertz CT molecular complexity index is 1040. The average Bonchev–Trinajstić information content (AvgIpc) is 3.10. The fourth-order valence-electron chi connectivity index (χ4n) is 4.55. The normalized spacial score (nSPS) is 12.8. The number of hydrogen-bond acceptors (Lipinski definition) is 2. The van der Waals surface area contributed by atoms with Gasteiger partial charge in [-0.3, -0.25) is 4.79 Å². The average molecular weight is 448 g/mol. The number of imidazole rings is 1. The van der Waals surface area contributed by atoms with Crippen LogP contribution in [0.25, 0.3) is 11.0 Å². The minimum atomic E-state index is 0.0990. The van der Waals surface area contributed by atoms with Crippen molar-refractivity contribution in [1.29, 1.82) is 0 Å². The molecule has 1 atom stereocenters. The second kappa shape index (κ2) is 11.0. The molecular weight excluding hydrogens is 406 g/mol. The molecule has 1 unspecified atom stereocenters. The first-order valence-corrected chi connectivity index (χ1v) is 12.5. The zero-order valence-electron chi connectivity index (χ0n) is 21.5. The highest BCUT2D eigenvalue weighted by molar-refractivity contribution is 5.81. The lowest BCUT2D eigenvalue weighted by molar-refractivity contribution is -0.132. The second-order valence-electron chi connectivity index (χ2n) is 10.7. The van der Waals surface area contributed by atoms with Gasteiger partial charge < -0.3 is 9.47 Å². The molecule has 4 nitrogen and oxygen atoms in total. The van der Waals surface area contributed by atoms with Gasteiger partial charge in [-0.2, -0.15) is 0 Å². The molecule has 1 amide bonds. The van der Waals surface area contributed by atoms with Crippen LogP contribution in [-0.2, 0) is 17.8 Å². The maximum absolute atomic E-state index is 13.5. The Morgan fingerprint density at radius 3 is 2.03 bits per heavy atom. The lowest BCUT2D eigenvalue weighted by atomic mass is 9.96. The molecule has 0 fully saturated rings. The van der Waals surface area contributed by atoms with Crippen molar-refractivity contribution in [2.24, 2.45) is 17.8 Å². The minimum absolute atomic E-state index is 0.0990. The van der Waals surface area contributed by atoms with Crippen molar-refractivity contribution < 1.29 is 4.79 Å². The standard InChI is InChI=1S/C29H41N3O/c1-20(2)16-24-12-14-25(15-13-24)23(7)29-30-26-10-8-9-11-27(26)32(29)19-28(33)31(17-21(3)4)18-22(5)6/h8-15,20-23H,16-19H2,1-7H3. The maximum atomic E-state index is 13.5. The first-order chi connectivity index (χ1) is 15.7. The summed E-state index contributed by atoms with van der Waals surface area (Å²) in [7, 11) is 0. The molecule has 2 aromatic carbocycles. The van der Waals surface area contributed by atoms with Crippen LogP contribution in [-0.4, -0.2) is 33.4 Å². The van der Waals surface area contributed by atoms with E-state index in [0.717, 1.165) is 36.4 Å². The number of amides is 1. The van der Waals surface area contributed by atoms with Gasteiger partial charge in [-0.15, -0.1) is 0 Å². The monoisotopic (exact) mass is 447 g/mol. The highest BCUT2D eigenvalue weighted by Crippen LogP contribution is 2.28. The summed E-state index contributed by atoms with van der Waals surface area (Å²) in [6.07, 6.45) is 1.09. The summed E-state index contributed by atoms with van der Waals surface area (Å²) in [5.41, 5.74) is 4.57. The molecule has 33 heavy (non-hydrogen) atoms. The summed E-state index contributed by atoms with van der Waals surface area (Å²) in [6.45, 7) is 17.3. The van der Waals surface area contributed by atoms with E-state index in [0.29, 0.717) is 24.3 Å². The van der Waals surface area contributed by atoms with E-state index in [9.17, 15) is 4.79 Å². The van der Waals surface area contributed by atoms with Gasteiger partial charge in [-0.25, -0.2) is 4.98 Å². The lowest BCUT2D eigenvalue weighted by Crippen LogP contribution is -2.39. The molecule has 3 rings (SSSR count). The maximum Gasteiger partial charge on any atom is 0.242 e. The van der Waals surface area contributed by atoms with Crippen LogP contribution in [0.3, 0.4) is 0 Å². The predicted molar refractivity (Wildman–Crippen MR) is 138 cm³/mol. The first-order valence-electron chi connectivity index (χ1n) is 12.5. The number of carbonyl (C=O) groups is 1. The number of fused-ring (bicyclic) bond motifs is 1. The molecule has 0 saturated heterocycles. The summed E-state index contributed by atoms with van der Waals surface area (Å²) in [4.78, 5) is 20.5. The summed E-state index contributed by atoms with van der Waals surface area (Å²) >= 11 is 0. The first kappa shape index (κ1) is 25.0. The van der Waals surface area contributed by atoms with Crippen LogP contribution in [0.5, 0.6) is 0 Å². The van der Waals surface area contributed by atoms with E-state index in [2.05, 4.69) is 83.4 Å². The molecule has 3 aromatic rings. The van der Waals surface area contributed by atoms with Gasteiger partial charge in [0.1, 0.15) is 12.4 Å². The van der Waals surface area contributed by atoms with Crippen molar-refractivity contribution in [2.45, 2.75) is 67.3 Å². The molecule has 0 bridgehead atoms. The van der Waals surface area contributed by atoms with Gasteiger partial charge in [0.2, 0.25) is 5.91 Å². The molecule has 0 spiro atoms. The Morgan fingerprint density at radius 1 is 0.848 bits per heavy atom. The molecule has 0 N–H and O–H groups in total. The van der Waals surface area contributed by atoms with Gasteiger partial charge in [0.25, 0.3) is 0 Å². The van der Waals surface area contributed by atoms with E-state index in [4.69, 9.17) is 4.98 Å². The number of aromatic nitrogens is 2. The number of para-hydroxylation sites is 2. The van der Waals surface area contributed by atoms with Gasteiger partial charge in [-0.1, -0.05) is 84.9 Å². The summed E-state index contributed by atoms with van der Waals surface area (Å²) in [5.74, 6) is 2.74. The molecule has 1 aromatic heterocycles. The minimum Gasteiger partial charge on any atom is -0.341 e. The van der Waals surface area contributed by atoms with E-state index in [1.165, 1.54) is 11.1 Å². The van der Waals surface area contributed by atoms with Crippen molar-refractivity contribution in [3.63, 3.8) is 0 Å². The summed E-state index contributed by atoms with van der Waals surface area (Å²) < 4.78 is 2.14. The third kappa shape index (κ3) is 6.46. The van der Waals surface area contributed by atoms with Crippen LogP contribution in [0.1, 0.15) is 71.3 Å². The van der Waals surface area contributed by atoms with Crippen LogP contribution in [0.2, 0.25) is 0 Å². The number of benzene rings is 2. The molecule has 0 radical (unpaired) electrons. The van der Waals surface area contributed by atoms with E-state index in [1.807, 2.05) is 23.1 Å². The SMILES string of the molecule is CC(C)Cc1ccc(C(C)c2nc3ccccc3n2CC(=O)N(CC(C)C)CC(C)C)cc1. The lowest BCUT2D eigenvalue weighted by Gasteiger charge is -2.27. The van der Waals surface area contributed by atoms with E-state index < -0.39 is 0 Å². The fourth-order valence-corrected chi connectivity index (χ4v) is 4.55. The number of rotatable bonds is 10. The van der Waals surface area contributed by atoms with Crippen LogP contribution in [0, 0.1) is 17.8 Å². The molecular formula is C29H41N3O. The predicted octanol–water partition coefficient (Wildman–Crippen LogP) is 6.53. The van der Waals surface area contributed by atoms with Crippen LogP contribution >= 0.6 is 0 Å². The third-order valence-electron chi connectivity index (χ3n) is 6.01. The van der Waals surface area contributed by atoms with Crippen molar-refractivity contribution in [3.8, 4) is 0 Å².